The summed E-state index contributed by atoms with van der Waals surface area (Å²) in [6.45, 7) is 0.932. The molecule has 1 heterocycles. The summed E-state index contributed by atoms with van der Waals surface area (Å²) in [4.78, 5) is 5.19. The van der Waals surface area contributed by atoms with Gasteiger partial charge in [0.2, 0.25) is 0 Å². The lowest BCUT2D eigenvalue weighted by Gasteiger charge is -2.11. The fourth-order valence-electron chi connectivity index (χ4n) is 1.44. The first kappa shape index (κ1) is 14.3. The number of oxime groups is 1. The van der Waals surface area contributed by atoms with Gasteiger partial charge in [-0.15, -0.1) is 12.4 Å². The summed E-state index contributed by atoms with van der Waals surface area (Å²) in [6, 6.07) is 7.71. The van der Waals surface area contributed by atoms with E-state index < -0.39 is 0 Å². The SMILES string of the molecule is Cl.NCC1=NOC(COc2ccccc2Br)C1. The number of ether oxygens (including phenoxy) is 1. The zero-order valence-corrected chi connectivity index (χ0v) is 11.5. The first-order valence-electron chi connectivity index (χ1n) is 5.08. The molecule has 0 saturated heterocycles. The first-order valence-corrected chi connectivity index (χ1v) is 5.88. The molecule has 0 aliphatic carbocycles. The fourth-order valence-corrected chi connectivity index (χ4v) is 1.84. The molecule has 0 spiro atoms. The van der Waals surface area contributed by atoms with Gasteiger partial charge in [-0.2, -0.15) is 0 Å². The van der Waals surface area contributed by atoms with E-state index in [0.29, 0.717) is 13.2 Å². The minimum Gasteiger partial charge on any atom is -0.488 e. The first-order chi connectivity index (χ1) is 7.79. The minimum atomic E-state index is -0.0225. The summed E-state index contributed by atoms with van der Waals surface area (Å²) in [6.07, 6.45) is 0.728. The van der Waals surface area contributed by atoms with Gasteiger partial charge in [0.15, 0.2) is 6.10 Å². The van der Waals surface area contributed by atoms with E-state index in [0.717, 1.165) is 22.4 Å². The molecule has 6 heteroatoms. The van der Waals surface area contributed by atoms with Crippen molar-refractivity contribution in [2.75, 3.05) is 13.2 Å². The third kappa shape index (κ3) is 3.87. The van der Waals surface area contributed by atoms with Gasteiger partial charge in [-0.05, 0) is 28.1 Å². The maximum atomic E-state index is 5.63. The molecule has 17 heavy (non-hydrogen) atoms. The van der Waals surface area contributed by atoms with Crippen LogP contribution in [0.1, 0.15) is 6.42 Å². The van der Waals surface area contributed by atoms with Gasteiger partial charge in [0.25, 0.3) is 0 Å². The Morgan fingerprint density at radius 1 is 1.47 bits per heavy atom. The molecule has 2 N–H and O–H groups in total. The van der Waals surface area contributed by atoms with E-state index >= 15 is 0 Å². The highest BCUT2D eigenvalue weighted by Gasteiger charge is 2.20. The van der Waals surface area contributed by atoms with Crippen LogP contribution in [0.3, 0.4) is 0 Å². The highest BCUT2D eigenvalue weighted by atomic mass is 79.9. The summed E-state index contributed by atoms with van der Waals surface area (Å²) in [5, 5.41) is 3.87. The summed E-state index contributed by atoms with van der Waals surface area (Å²) in [5.74, 6) is 0.812. The second-order valence-electron chi connectivity index (χ2n) is 3.53. The smallest absolute Gasteiger partial charge is 0.166 e. The van der Waals surface area contributed by atoms with Crippen LogP contribution in [0.15, 0.2) is 33.9 Å². The average molecular weight is 322 g/mol. The molecule has 0 fully saturated rings. The summed E-state index contributed by atoms with van der Waals surface area (Å²) in [7, 11) is 0. The Morgan fingerprint density at radius 3 is 2.88 bits per heavy atom. The van der Waals surface area contributed by atoms with Crippen molar-refractivity contribution >= 4 is 34.0 Å². The van der Waals surface area contributed by atoms with Gasteiger partial charge < -0.3 is 15.3 Å². The lowest BCUT2D eigenvalue weighted by molar-refractivity contribution is 0.0468. The highest BCUT2D eigenvalue weighted by Crippen LogP contribution is 2.24. The average Bonchev–Trinajstić information content (AvgIpc) is 2.76. The Bertz CT molecular complexity index is 401. The Hall–Kier alpha value is -0.780. The third-order valence-electron chi connectivity index (χ3n) is 2.29. The van der Waals surface area contributed by atoms with Crippen LogP contribution < -0.4 is 10.5 Å². The molecular weight excluding hydrogens is 307 g/mol. The van der Waals surface area contributed by atoms with Crippen LogP contribution in [0.2, 0.25) is 0 Å². The van der Waals surface area contributed by atoms with Crippen molar-refractivity contribution in [3.63, 3.8) is 0 Å². The molecule has 0 aromatic heterocycles. The number of nitrogens with two attached hydrogens (primary N) is 1. The summed E-state index contributed by atoms with van der Waals surface area (Å²) in [5.41, 5.74) is 6.36. The molecule has 1 aromatic rings. The number of rotatable bonds is 4. The van der Waals surface area contributed by atoms with Crippen LogP contribution in [-0.4, -0.2) is 25.0 Å². The van der Waals surface area contributed by atoms with Gasteiger partial charge in [0.1, 0.15) is 12.4 Å². The molecule has 1 aliphatic heterocycles. The standard InChI is InChI=1S/C11H13BrN2O2.ClH/c12-10-3-1-2-4-11(10)15-7-9-5-8(6-13)14-16-9;/h1-4,9H,5-7,13H2;1H. The number of hydrogen-bond acceptors (Lipinski definition) is 4. The number of benzene rings is 1. The molecular formula is C11H14BrClN2O2. The van der Waals surface area contributed by atoms with Crippen LogP contribution in [0.25, 0.3) is 0 Å². The molecule has 1 unspecified atom stereocenters. The molecule has 94 valence electrons. The fraction of sp³-hybridized carbons (Fsp3) is 0.364. The largest absolute Gasteiger partial charge is 0.488 e. The number of para-hydroxylation sites is 1. The van der Waals surface area contributed by atoms with Gasteiger partial charge in [-0.3, -0.25) is 0 Å². The maximum Gasteiger partial charge on any atom is 0.166 e. The van der Waals surface area contributed by atoms with E-state index in [1.807, 2.05) is 24.3 Å². The number of nitrogens with zero attached hydrogens (tertiary/aromatic N) is 1. The van der Waals surface area contributed by atoms with Crippen molar-refractivity contribution in [3.8, 4) is 5.75 Å². The van der Waals surface area contributed by atoms with E-state index in [1.54, 1.807) is 0 Å². The van der Waals surface area contributed by atoms with Gasteiger partial charge in [-0.25, -0.2) is 0 Å². The highest BCUT2D eigenvalue weighted by molar-refractivity contribution is 9.10. The second-order valence-corrected chi connectivity index (χ2v) is 4.39. The second kappa shape index (κ2) is 6.83. The molecule has 0 amide bonds. The molecule has 0 bridgehead atoms. The van der Waals surface area contributed by atoms with Crippen LogP contribution in [0, 0.1) is 0 Å². The van der Waals surface area contributed by atoms with E-state index in [-0.39, 0.29) is 18.5 Å². The summed E-state index contributed by atoms with van der Waals surface area (Å²) < 4.78 is 6.57. The van der Waals surface area contributed by atoms with Crippen molar-refractivity contribution in [1.29, 1.82) is 0 Å². The van der Waals surface area contributed by atoms with Crippen molar-refractivity contribution in [3.05, 3.63) is 28.7 Å². The Morgan fingerprint density at radius 2 is 2.24 bits per heavy atom. The third-order valence-corrected chi connectivity index (χ3v) is 2.95. The normalized spacial score (nSPS) is 18.0. The van der Waals surface area contributed by atoms with Gasteiger partial charge in [-0.1, -0.05) is 17.3 Å². The molecule has 1 aromatic carbocycles. The lowest BCUT2D eigenvalue weighted by Crippen LogP contribution is -2.20. The number of halogens is 2. The molecule has 2 rings (SSSR count). The van der Waals surface area contributed by atoms with Crippen LogP contribution >= 0.6 is 28.3 Å². The van der Waals surface area contributed by atoms with Crippen molar-refractivity contribution in [1.82, 2.24) is 0 Å². The Balaban J connectivity index is 0.00000144. The van der Waals surface area contributed by atoms with E-state index in [1.165, 1.54) is 0 Å². The van der Waals surface area contributed by atoms with E-state index in [9.17, 15) is 0 Å². The zero-order valence-electron chi connectivity index (χ0n) is 9.14. The predicted molar refractivity (Wildman–Crippen MR) is 72.9 cm³/mol. The quantitative estimate of drug-likeness (QED) is 0.926. The van der Waals surface area contributed by atoms with Crippen molar-refractivity contribution in [2.24, 2.45) is 10.9 Å². The maximum absolute atomic E-state index is 5.63. The Kier molecular flexibility index (Phi) is 5.74. The van der Waals surface area contributed by atoms with Crippen molar-refractivity contribution < 1.29 is 9.57 Å². The van der Waals surface area contributed by atoms with Crippen molar-refractivity contribution in [2.45, 2.75) is 12.5 Å². The molecule has 0 saturated carbocycles. The number of hydrogen-bond donors (Lipinski definition) is 1. The molecule has 1 aliphatic rings. The van der Waals surface area contributed by atoms with E-state index in [4.69, 9.17) is 15.3 Å². The molecule has 0 radical (unpaired) electrons. The van der Waals surface area contributed by atoms with Crippen LogP contribution in [0.5, 0.6) is 5.75 Å². The van der Waals surface area contributed by atoms with E-state index in [2.05, 4.69) is 21.1 Å². The van der Waals surface area contributed by atoms with Crippen LogP contribution in [-0.2, 0) is 4.84 Å². The van der Waals surface area contributed by atoms with Crippen LogP contribution in [0.4, 0.5) is 0 Å². The predicted octanol–water partition coefficient (Wildman–Crippen LogP) is 2.35. The molecule has 4 nitrogen and oxygen atoms in total. The monoisotopic (exact) mass is 320 g/mol. The lowest BCUT2D eigenvalue weighted by atomic mass is 10.2. The zero-order chi connectivity index (χ0) is 11.4. The molecule has 1 atom stereocenters. The topological polar surface area (TPSA) is 56.8 Å². The van der Waals surface area contributed by atoms with Gasteiger partial charge >= 0.3 is 0 Å². The van der Waals surface area contributed by atoms with Gasteiger partial charge in [0.05, 0.1) is 10.2 Å². The van der Waals surface area contributed by atoms with Gasteiger partial charge in [0, 0.05) is 13.0 Å². The summed E-state index contributed by atoms with van der Waals surface area (Å²) >= 11 is 3.42. The Labute approximate surface area is 115 Å². The minimum absolute atomic E-state index is 0.